The van der Waals surface area contributed by atoms with Crippen LogP contribution >= 0.6 is 11.6 Å². The van der Waals surface area contributed by atoms with Gasteiger partial charge < -0.3 is 4.74 Å². The first kappa shape index (κ1) is 18.4. The van der Waals surface area contributed by atoms with E-state index in [1.165, 1.54) is 25.3 Å². The predicted molar refractivity (Wildman–Crippen MR) is 79.2 cm³/mol. The van der Waals surface area contributed by atoms with Crippen molar-refractivity contribution in [3.8, 4) is 5.88 Å². The lowest BCUT2D eigenvalue weighted by atomic mass is 10.1. The van der Waals surface area contributed by atoms with Gasteiger partial charge in [-0.15, -0.1) is 10.2 Å². The number of benzene rings is 1. The third kappa shape index (κ3) is 4.34. The molecule has 0 fully saturated rings. The topological polar surface area (TPSA) is 81.2 Å². The molecule has 0 saturated heterocycles. The van der Waals surface area contributed by atoms with Gasteiger partial charge in [0, 0.05) is 11.1 Å². The Balaban J connectivity index is 2.35. The standard InChI is InChI=1S/C13H11ClF3N3O3S/c1-23-10-6-7-11(19-18-10)24(21,22)20-12(13(15,16)17)8-2-4-9(14)5-3-8/h2-7,12,20H,1H3/t12-/m1/s1. The summed E-state index contributed by atoms with van der Waals surface area (Å²) in [4.78, 5) is 0. The van der Waals surface area contributed by atoms with Crippen LogP contribution in [0.2, 0.25) is 5.02 Å². The summed E-state index contributed by atoms with van der Waals surface area (Å²) in [5.41, 5.74) is -0.308. The van der Waals surface area contributed by atoms with E-state index in [9.17, 15) is 21.6 Å². The number of methoxy groups -OCH3 is 1. The van der Waals surface area contributed by atoms with Crippen molar-refractivity contribution in [1.82, 2.24) is 14.9 Å². The van der Waals surface area contributed by atoms with Crippen LogP contribution in [0, 0.1) is 0 Å². The van der Waals surface area contributed by atoms with Crippen molar-refractivity contribution in [2.75, 3.05) is 7.11 Å². The maximum absolute atomic E-state index is 13.3. The number of halogens is 4. The van der Waals surface area contributed by atoms with E-state index in [4.69, 9.17) is 16.3 Å². The third-order valence-corrected chi connectivity index (χ3v) is 4.47. The second kappa shape index (κ2) is 6.91. The maximum atomic E-state index is 13.3. The Morgan fingerprint density at radius 3 is 2.21 bits per heavy atom. The van der Waals surface area contributed by atoms with Gasteiger partial charge in [-0.3, -0.25) is 0 Å². The summed E-state index contributed by atoms with van der Waals surface area (Å²) in [5.74, 6) is 0.0269. The van der Waals surface area contributed by atoms with Gasteiger partial charge in [0.25, 0.3) is 10.0 Å². The van der Waals surface area contributed by atoms with Gasteiger partial charge in [-0.2, -0.15) is 17.9 Å². The van der Waals surface area contributed by atoms with Gasteiger partial charge in [0.05, 0.1) is 7.11 Å². The summed E-state index contributed by atoms with van der Waals surface area (Å²) in [6.07, 6.45) is -4.86. The van der Waals surface area contributed by atoms with Crippen molar-refractivity contribution < 1.29 is 26.3 Å². The molecule has 0 aliphatic carbocycles. The highest BCUT2D eigenvalue weighted by Gasteiger charge is 2.43. The molecule has 1 heterocycles. The molecule has 0 unspecified atom stereocenters. The molecule has 2 aromatic rings. The van der Waals surface area contributed by atoms with E-state index in [0.29, 0.717) is 0 Å². The molecule has 2 rings (SSSR count). The minimum absolute atomic E-state index is 0.0269. The van der Waals surface area contributed by atoms with E-state index in [2.05, 4.69) is 10.2 Å². The molecular formula is C13H11ClF3N3O3S. The van der Waals surface area contributed by atoms with E-state index in [1.54, 1.807) is 4.72 Å². The van der Waals surface area contributed by atoms with Crippen LogP contribution in [0.4, 0.5) is 13.2 Å². The van der Waals surface area contributed by atoms with Gasteiger partial charge in [0.15, 0.2) is 5.03 Å². The number of nitrogens with one attached hydrogen (secondary N) is 1. The average molecular weight is 382 g/mol. The first-order valence-electron chi connectivity index (χ1n) is 6.36. The summed E-state index contributed by atoms with van der Waals surface area (Å²) in [6, 6.07) is 4.35. The molecule has 24 heavy (non-hydrogen) atoms. The first-order chi connectivity index (χ1) is 11.1. The highest BCUT2D eigenvalue weighted by Crippen LogP contribution is 2.34. The van der Waals surface area contributed by atoms with E-state index in [0.717, 1.165) is 18.2 Å². The fraction of sp³-hybridized carbons (Fsp3) is 0.231. The van der Waals surface area contributed by atoms with Crippen molar-refractivity contribution in [3.63, 3.8) is 0 Å². The number of hydrogen-bond donors (Lipinski definition) is 1. The summed E-state index contributed by atoms with van der Waals surface area (Å²) in [6.45, 7) is 0. The fourth-order valence-electron chi connectivity index (χ4n) is 1.75. The zero-order chi connectivity index (χ0) is 18.0. The van der Waals surface area contributed by atoms with Crippen molar-refractivity contribution in [1.29, 1.82) is 0 Å². The van der Waals surface area contributed by atoms with Crippen LogP contribution in [-0.4, -0.2) is 31.9 Å². The molecule has 0 aliphatic heterocycles. The Hall–Kier alpha value is -1.91. The number of nitrogens with zero attached hydrogens (tertiary/aromatic N) is 2. The largest absolute Gasteiger partial charge is 0.480 e. The summed E-state index contributed by atoms with van der Waals surface area (Å²) < 4.78 is 70.4. The molecule has 0 bridgehead atoms. The molecule has 6 nitrogen and oxygen atoms in total. The molecule has 0 amide bonds. The number of hydrogen-bond acceptors (Lipinski definition) is 5. The summed E-state index contributed by atoms with van der Waals surface area (Å²) >= 11 is 5.64. The van der Waals surface area contributed by atoms with Gasteiger partial charge in [0.1, 0.15) is 6.04 Å². The van der Waals surface area contributed by atoms with Crippen molar-refractivity contribution in [2.45, 2.75) is 17.2 Å². The van der Waals surface area contributed by atoms with E-state index in [-0.39, 0.29) is 16.5 Å². The lowest BCUT2D eigenvalue weighted by Gasteiger charge is -2.21. The Kier molecular flexibility index (Phi) is 5.31. The van der Waals surface area contributed by atoms with Crippen molar-refractivity contribution >= 4 is 21.6 Å². The molecule has 0 aliphatic rings. The number of rotatable bonds is 5. The monoisotopic (exact) mass is 381 g/mol. The molecule has 0 radical (unpaired) electrons. The molecule has 130 valence electrons. The van der Waals surface area contributed by atoms with Gasteiger partial charge in [0.2, 0.25) is 5.88 Å². The number of sulfonamides is 1. The van der Waals surface area contributed by atoms with E-state index in [1.807, 2.05) is 0 Å². The third-order valence-electron chi connectivity index (χ3n) is 2.90. The molecule has 1 aromatic carbocycles. The van der Waals surface area contributed by atoms with Gasteiger partial charge in [-0.05, 0) is 23.8 Å². The van der Waals surface area contributed by atoms with Crippen molar-refractivity contribution in [2.24, 2.45) is 0 Å². The van der Waals surface area contributed by atoms with Gasteiger partial charge >= 0.3 is 6.18 Å². The lowest BCUT2D eigenvalue weighted by molar-refractivity contribution is -0.153. The number of aromatic nitrogens is 2. The average Bonchev–Trinajstić information content (AvgIpc) is 2.53. The molecule has 1 aromatic heterocycles. The normalized spacial score (nSPS) is 13.5. The minimum atomic E-state index is -4.86. The Labute approximate surface area is 140 Å². The second-order valence-corrected chi connectivity index (χ2v) is 6.66. The van der Waals surface area contributed by atoms with E-state index < -0.39 is 27.3 Å². The van der Waals surface area contributed by atoms with Gasteiger partial charge in [-0.1, -0.05) is 23.7 Å². The SMILES string of the molecule is COc1ccc(S(=O)(=O)N[C@H](c2ccc(Cl)cc2)C(F)(F)F)nn1. The zero-order valence-corrected chi connectivity index (χ0v) is 13.7. The summed E-state index contributed by atoms with van der Waals surface area (Å²) in [5, 5.41) is 6.34. The van der Waals surface area contributed by atoms with Crippen LogP contribution in [0.25, 0.3) is 0 Å². The highest BCUT2D eigenvalue weighted by molar-refractivity contribution is 7.89. The smallest absolute Gasteiger partial charge is 0.408 e. The minimum Gasteiger partial charge on any atom is -0.480 e. The lowest BCUT2D eigenvalue weighted by Crippen LogP contribution is -2.38. The number of ether oxygens (including phenoxy) is 1. The quantitative estimate of drug-likeness (QED) is 0.861. The molecule has 0 spiro atoms. The van der Waals surface area contributed by atoms with Crippen LogP contribution in [0.3, 0.4) is 0 Å². The van der Waals surface area contributed by atoms with Crippen LogP contribution in [0.15, 0.2) is 41.4 Å². The van der Waals surface area contributed by atoms with Crippen LogP contribution in [-0.2, 0) is 10.0 Å². The molecular weight excluding hydrogens is 371 g/mol. The van der Waals surface area contributed by atoms with Crippen LogP contribution in [0.5, 0.6) is 5.88 Å². The van der Waals surface area contributed by atoms with Gasteiger partial charge in [-0.25, -0.2) is 8.42 Å². The Bertz CT molecular complexity index is 796. The van der Waals surface area contributed by atoms with Crippen molar-refractivity contribution in [3.05, 3.63) is 47.0 Å². The van der Waals surface area contributed by atoms with E-state index >= 15 is 0 Å². The molecule has 1 atom stereocenters. The van der Waals surface area contributed by atoms with Crippen LogP contribution < -0.4 is 9.46 Å². The molecule has 1 N–H and O–H groups in total. The first-order valence-corrected chi connectivity index (χ1v) is 8.22. The molecule has 0 saturated carbocycles. The predicted octanol–water partition coefficient (Wildman–Crippen LogP) is 2.72. The fourth-order valence-corrected chi connectivity index (χ4v) is 2.98. The van der Waals surface area contributed by atoms with Crippen LogP contribution in [0.1, 0.15) is 11.6 Å². The summed E-state index contributed by atoms with van der Waals surface area (Å²) in [7, 11) is -3.27. The number of alkyl halides is 3. The maximum Gasteiger partial charge on any atom is 0.408 e. The zero-order valence-electron chi connectivity index (χ0n) is 12.1. The Morgan fingerprint density at radius 1 is 1.12 bits per heavy atom. The Morgan fingerprint density at radius 2 is 1.75 bits per heavy atom. The molecule has 11 heteroatoms. The second-order valence-electron chi connectivity index (χ2n) is 4.56. The highest BCUT2D eigenvalue weighted by atomic mass is 35.5.